The minimum Gasteiger partial charge on any atom is -0.744 e. The minimum atomic E-state index is -5.80. The third-order valence-electron chi connectivity index (χ3n) is 3.08. The number of carbonyl (C=O) groups is 1. The fourth-order valence-corrected chi connectivity index (χ4v) is 2.86. The lowest BCUT2D eigenvalue weighted by Crippen LogP contribution is -2.16. The molecule has 6 nitrogen and oxygen atoms in total. The zero-order valence-electron chi connectivity index (χ0n) is 13.0. The van der Waals surface area contributed by atoms with E-state index in [2.05, 4.69) is 4.74 Å². The van der Waals surface area contributed by atoms with E-state index in [0.29, 0.717) is 0 Å². The van der Waals surface area contributed by atoms with Crippen molar-refractivity contribution in [2.75, 3.05) is 13.2 Å². The summed E-state index contributed by atoms with van der Waals surface area (Å²) in [7, 11) is -5.80. The van der Waals surface area contributed by atoms with Crippen LogP contribution in [-0.2, 0) is 14.9 Å². The summed E-state index contributed by atoms with van der Waals surface area (Å²) in [5.74, 6) is -11.6. The Kier molecular flexibility index (Phi) is 6.64. The van der Waals surface area contributed by atoms with Crippen molar-refractivity contribution in [3.8, 4) is 5.75 Å². The van der Waals surface area contributed by atoms with Gasteiger partial charge in [0, 0.05) is 3.57 Å². The van der Waals surface area contributed by atoms with E-state index in [1.807, 2.05) is 22.6 Å². The number of benzene rings is 2. The molecule has 0 aliphatic heterocycles. The molecule has 0 unspecified atom stereocenters. The average molecular weight is 519 g/mol. The van der Waals surface area contributed by atoms with Crippen LogP contribution < -0.4 is 4.74 Å². The molecule has 0 aliphatic carbocycles. The van der Waals surface area contributed by atoms with Crippen LogP contribution in [0.25, 0.3) is 0 Å². The van der Waals surface area contributed by atoms with Crippen LogP contribution in [0.2, 0.25) is 0 Å². The molecule has 0 radical (unpaired) electrons. The van der Waals surface area contributed by atoms with Crippen molar-refractivity contribution in [2.45, 2.75) is 4.90 Å². The molecule has 2 rings (SSSR count). The fourth-order valence-electron chi connectivity index (χ4n) is 1.89. The summed E-state index contributed by atoms with van der Waals surface area (Å²) in [4.78, 5) is 9.43. The Bertz CT molecular complexity index is 950. The molecular weight excluding hydrogens is 511 g/mol. The van der Waals surface area contributed by atoms with Crippen LogP contribution in [0.4, 0.5) is 17.6 Å². The van der Waals surface area contributed by atoms with Gasteiger partial charge in [-0.25, -0.2) is 22.0 Å². The number of rotatable bonds is 6. The Morgan fingerprint density at radius 3 is 1.96 bits per heavy atom. The second-order valence-electron chi connectivity index (χ2n) is 4.86. The minimum absolute atomic E-state index is 0.190. The Morgan fingerprint density at radius 2 is 1.48 bits per heavy atom. The van der Waals surface area contributed by atoms with Gasteiger partial charge in [-0.3, -0.25) is 0 Å². The van der Waals surface area contributed by atoms with Gasteiger partial charge in [0.1, 0.15) is 28.2 Å². The number of hydrogen-bond donors (Lipinski definition) is 0. The average Bonchev–Trinajstić information content (AvgIpc) is 2.58. The van der Waals surface area contributed by atoms with Crippen molar-refractivity contribution in [3.05, 3.63) is 56.7 Å². The Labute approximate surface area is 164 Å². The van der Waals surface area contributed by atoms with Crippen LogP contribution in [0.15, 0.2) is 29.2 Å². The molecule has 146 valence electrons. The smallest absolute Gasteiger partial charge is 0.338 e. The molecule has 0 saturated carbocycles. The molecule has 12 heteroatoms. The van der Waals surface area contributed by atoms with Crippen molar-refractivity contribution in [1.29, 1.82) is 0 Å². The first-order chi connectivity index (χ1) is 12.5. The maximum atomic E-state index is 13.7. The zero-order valence-corrected chi connectivity index (χ0v) is 15.9. The highest BCUT2D eigenvalue weighted by molar-refractivity contribution is 14.1. The molecule has 0 spiro atoms. The normalized spacial score (nSPS) is 11.3. The first kappa shape index (κ1) is 21.4. The van der Waals surface area contributed by atoms with Crippen LogP contribution in [0, 0.1) is 26.8 Å². The summed E-state index contributed by atoms with van der Waals surface area (Å²) in [6.45, 7) is -1.24. The second-order valence-corrected chi connectivity index (χ2v) is 7.42. The van der Waals surface area contributed by atoms with E-state index in [0.717, 1.165) is 3.57 Å². The molecule has 0 heterocycles. The molecule has 0 bridgehead atoms. The highest BCUT2D eigenvalue weighted by atomic mass is 127. The van der Waals surface area contributed by atoms with Gasteiger partial charge < -0.3 is 14.0 Å². The van der Waals surface area contributed by atoms with Crippen LogP contribution >= 0.6 is 22.6 Å². The quantitative estimate of drug-likeness (QED) is 0.146. The van der Waals surface area contributed by atoms with Gasteiger partial charge in [0.2, 0.25) is 11.6 Å². The summed E-state index contributed by atoms with van der Waals surface area (Å²) in [5.41, 5.74) is 0.190. The molecule has 0 N–H and O–H groups in total. The van der Waals surface area contributed by atoms with E-state index in [9.17, 15) is 35.3 Å². The lowest BCUT2D eigenvalue weighted by Gasteiger charge is -2.14. The zero-order chi connectivity index (χ0) is 20.4. The Hall–Kier alpha value is -1.93. The standard InChI is InChI=1S/C15H9F4IO6S/c16-9-11(18)14(27(22,23)24)12(19)10(17)13(9)25-5-6-26-15(21)7-1-3-8(20)4-2-7/h1-4H,5-6H2,(H,22,23,24)/p-1. The number of ether oxygens (including phenoxy) is 2. The molecule has 0 amide bonds. The molecule has 27 heavy (non-hydrogen) atoms. The van der Waals surface area contributed by atoms with Crippen molar-refractivity contribution in [1.82, 2.24) is 0 Å². The van der Waals surface area contributed by atoms with Gasteiger partial charge in [-0.1, -0.05) is 0 Å². The summed E-state index contributed by atoms with van der Waals surface area (Å²) in [6, 6.07) is 6.21. The number of hydrogen-bond acceptors (Lipinski definition) is 6. The van der Waals surface area contributed by atoms with Gasteiger partial charge in [-0.15, -0.1) is 0 Å². The predicted octanol–water partition coefficient (Wildman–Crippen LogP) is 2.99. The van der Waals surface area contributed by atoms with Gasteiger partial charge in [0.25, 0.3) is 0 Å². The Balaban J connectivity index is 2.08. The highest BCUT2D eigenvalue weighted by Gasteiger charge is 2.30. The van der Waals surface area contributed by atoms with Crippen molar-refractivity contribution in [2.24, 2.45) is 0 Å². The summed E-state index contributed by atoms with van der Waals surface area (Å²) in [6.07, 6.45) is 0. The molecule has 0 fully saturated rings. The lowest BCUT2D eigenvalue weighted by atomic mass is 10.2. The lowest BCUT2D eigenvalue weighted by molar-refractivity contribution is 0.0444. The molecule has 0 aromatic heterocycles. The van der Waals surface area contributed by atoms with Gasteiger partial charge in [-0.2, -0.15) is 8.78 Å². The maximum Gasteiger partial charge on any atom is 0.338 e. The van der Waals surface area contributed by atoms with Crippen LogP contribution in [0.5, 0.6) is 5.75 Å². The fraction of sp³-hybridized carbons (Fsp3) is 0.133. The largest absolute Gasteiger partial charge is 0.744 e. The first-order valence-electron chi connectivity index (χ1n) is 6.91. The number of halogens is 5. The molecule has 2 aromatic rings. The third-order valence-corrected chi connectivity index (χ3v) is 4.65. The third kappa shape index (κ3) is 4.87. The SMILES string of the molecule is O=C(OCCOc1c(F)c(F)c(S(=O)(=O)[O-])c(F)c1F)c1ccc(I)cc1. The summed E-state index contributed by atoms with van der Waals surface area (Å²) >= 11 is 2.02. The number of carbonyl (C=O) groups excluding carboxylic acids is 1. The van der Waals surface area contributed by atoms with E-state index in [-0.39, 0.29) is 5.56 Å². The van der Waals surface area contributed by atoms with Gasteiger partial charge in [0.15, 0.2) is 17.4 Å². The first-order valence-corrected chi connectivity index (χ1v) is 9.40. The topological polar surface area (TPSA) is 92.7 Å². The molecule has 0 atom stereocenters. The van der Waals surface area contributed by atoms with E-state index in [1.165, 1.54) is 12.1 Å². The molecular formula is C15H8F4IO6S-. The van der Waals surface area contributed by atoms with Gasteiger partial charge >= 0.3 is 5.97 Å². The molecule has 0 aliphatic rings. The van der Waals surface area contributed by atoms with Crippen LogP contribution in [0.3, 0.4) is 0 Å². The van der Waals surface area contributed by atoms with Crippen molar-refractivity contribution < 1.29 is 44.8 Å². The maximum absolute atomic E-state index is 13.7. The van der Waals surface area contributed by atoms with Gasteiger partial charge in [-0.05, 0) is 46.9 Å². The van der Waals surface area contributed by atoms with E-state index in [1.54, 1.807) is 12.1 Å². The highest BCUT2D eigenvalue weighted by Crippen LogP contribution is 2.32. The molecule has 0 saturated heterocycles. The Morgan fingerprint density at radius 1 is 0.963 bits per heavy atom. The van der Waals surface area contributed by atoms with Gasteiger partial charge in [0.05, 0.1) is 5.56 Å². The van der Waals surface area contributed by atoms with E-state index in [4.69, 9.17) is 4.74 Å². The van der Waals surface area contributed by atoms with Crippen LogP contribution in [-0.4, -0.2) is 32.2 Å². The van der Waals surface area contributed by atoms with Crippen LogP contribution in [0.1, 0.15) is 10.4 Å². The second kappa shape index (κ2) is 8.39. The molecule has 2 aromatic carbocycles. The van der Waals surface area contributed by atoms with E-state index >= 15 is 0 Å². The number of esters is 1. The van der Waals surface area contributed by atoms with Crippen molar-refractivity contribution in [3.63, 3.8) is 0 Å². The summed E-state index contributed by atoms with van der Waals surface area (Å²) in [5, 5.41) is 0. The van der Waals surface area contributed by atoms with E-state index < -0.39 is 63.2 Å². The summed E-state index contributed by atoms with van der Waals surface area (Å²) < 4.78 is 96.8. The monoisotopic (exact) mass is 519 g/mol. The predicted molar refractivity (Wildman–Crippen MR) is 89.2 cm³/mol. The van der Waals surface area contributed by atoms with Crippen molar-refractivity contribution >= 4 is 38.7 Å².